The first kappa shape index (κ1) is 18.3. The van der Waals surface area contributed by atoms with Gasteiger partial charge in [-0.2, -0.15) is 5.26 Å². The third-order valence-electron chi connectivity index (χ3n) is 4.23. The first-order valence-electron chi connectivity index (χ1n) is 8.33. The maximum absolute atomic E-state index is 13.7. The number of halogens is 2. The van der Waals surface area contributed by atoms with Gasteiger partial charge < -0.3 is 5.32 Å². The highest BCUT2D eigenvalue weighted by molar-refractivity contribution is 8.00. The van der Waals surface area contributed by atoms with Crippen molar-refractivity contribution in [1.82, 2.24) is 4.98 Å². The number of carbonyl (C=O) groups is 1. The molecule has 0 fully saturated rings. The number of rotatable bonds is 4. The number of hydrogen-bond donors (Lipinski definition) is 1. The zero-order chi connectivity index (χ0) is 18.7. The molecule has 0 aliphatic heterocycles. The van der Waals surface area contributed by atoms with Gasteiger partial charge in [0.2, 0.25) is 5.91 Å². The Hall–Kier alpha value is -2.46. The fraction of sp³-hybridized carbons (Fsp3) is 0.316. The van der Waals surface area contributed by atoms with E-state index in [1.807, 2.05) is 6.07 Å². The zero-order valence-corrected chi connectivity index (χ0v) is 15.0. The van der Waals surface area contributed by atoms with Crippen LogP contribution in [-0.2, 0) is 17.6 Å². The van der Waals surface area contributed by atoms with Crippen molar-refractivity contribution in [1.29, 1.82) is 5.26 Å². The second-order valence-electron chi connectivity index (χ2n) is 6.14. The molecule has 0 bridgehead atoms. The van der Waals surface area contributed by atoms with Crippen molar-refractivity contribution >= 4 is 23.4 Å². The number of anilines is 1. The molecule has 0 saturated heterocycles. The summed E-state index contributed by atoms with van der Waals surface area (Å²) in [5, 5.41) is 11.7. The number of amides is 1. The fourth-order valence-corrected chi connectivity index (χ4v) is 3.73. The Morgan fingerprint density at radius 1 is 1.31 bits per heavy atom. The number of benzene rings is 1. The van der Waals surface area contributed by atoms with Crippen molar-refractivity contribution in [3.8, 4) is 6.07 Å². The minimum Gasteiger partial charge on any atom is -0.323 e. The molecule has 1 aromatic heterocycles. The Labute approximate surface area is 154 Å². The Morgan fingerprint density at radius 2 is 2.08 bits per heavy atom. The first-order valence-corrected chi connectivity index (χ1v) is 9.21. The summed E-state index contributed by atoms with van der Waals surface area (Å²) in [5.74, 6) is -1.98. The lowest BCUT2D eigenvalue weighted by atomic mass is 9.95. The molecule has 134 valence electrons. The molecule has 26 heavy (non-hydrogen) atoms. The fourth-order valence-electron chi connectivity index (χ4n) is 2.83. The SMILES string of the molecule is CC(Sc1nc2c(cc1C#N)CCCC2)C(=O)Nc1ccc(F)cc1F. The lowest BCUT2D eigenvalue weighted by Crippen LogP contribution is -2.23. The van der Waals surface area contributed by atoms with Crippen LogP contribution in [0.1, 0.15) is 36.6 Å². The molecule has 2 aromatic rings. The second-order valence-corrected chi connectivity index (χ2v) is 7.47. The maximum atomic E-state index is 13.7. The molecule has 7 heteroatoms. The van der Waals surface area contributed by atoms with E-state index in [9.17, 15) is 18.8 Å². The summed E-state index contributed by atoms with van der Waals surface area (Å²) in [7, 11) is 0. The van der Waals surface area contributed by atoms with Crippen molar-refractivity contribution in [2.24, 2.45) is 0 Å². The highest BCUT2D eigenvalue weighted by atomic mass is 32.2. The number of fused-ring (bicyclic) bond motifs is 1. The number of nitrogens with zero attached hydrogens (tertiary/aromatic N) is 2. The quantitative estimate of drug-likeness (QED) is 0.815. The monoisotopic (exact) mass is 373 g/mol. The topological polar surface area (TPSA) is 65.8 Å². The molecule has 3 rings (SSSR count). The van der Waals surface area contributed by atoms with Gasteiger partial charge in [-0.1, -0.05) is 11.8 Å². The van der Waals surface area contributed by atoms with E-state index in [1.54, 1.807) is 6.92 Å². The lowest BCUT2D eigenvalue weighted by molar-refractivity contribution is -0.115. The molecular weight excluding hydrogens is 356 g/mol. The summed E-state index contributed by atoms with van der Waals surface area (Å²) in [4.78, 5) is 16.9. The van der Waals surface area contributed by atoms with E-state index >= 15 is 0 Å². The standard InChI is InChI=1S/C19H17F2N3OS/c1-11(18(25)23-17-7-6-14(20)9-15(17)21)26-19-13(10-22)8-12-4-2-3-5-16(12)24-19/h6-9,11H,2-5H2,1H3,(H,23,25). The van der Waals surface area contributed by atoms with Crippen molar-refractivity contribution in [3.63, 3.8) is 0 Å². The number of thioether (sulfide) groups is 1. The molecule has 1 unspecified atom stereocenters. The third kappa shape index (κ3) is 4.02. The predicted octanol–water partition coefficient (Wildman–Crippen LogP) is 4.23. The number of pyridine rings is 1. The molecular formula is C19H17F2N3OS. The van der Waals surface area contributed by atoms with Crippen molar-refractivity contribution in [2.75, 3.05) is 5.32 Å². The molecule has 1 aliphatic rings. The van der Waals surface area contributed by atoms with Gasteiger partial charge in [0.1, 0.15) is 22.7 Å². The first-order chi connectivity index (χ1) is 12.5. The minimum atomic E-state index is -0.833. The van der Waals surface area contributed by atoms with Gasteiger partial charge in [-0.05, 0) is 56.4 Å². The predicted molar refractivity (Wildman–Crippen MR) is 95.9 cm³/mol. The molecule has 1 atom stereocenters. The third-order valence-corrected chi connectivity index (χ3v) is 5.34. The van der Waals surface area contributed by atoms with Crippen LogP contribution >= 0.6 is 11.8 Å². The van der Waals surface area contributed by atoms with Gasteiger partial charge in [-0.15, -0.1) is 0 Å². The Morgan fingerprint density at radius 3 is 2.81 bits per heavy atom. The van der Waals surface area contributed by atoms with Gasteiger partial charge in [-0.25, -0.2) is 13.8 Å². The van der Waals surface area contributed by atoms with E-state index in [1.165, 1.54) is 6.07 Å². The van der Waals surface area contributed by atoms with E-state index in [0.717, 1.165) is 54.8 Å². The Balaban J connectivity index is 1.75. The van der Waals surface area contributed by atoms with E-state index in [2.05, 4.69) is 16.4 Å². The molecule has 0 radical (unpaired) electrons. The van der Waals surface area contributed by atoms with E-state index in [0.29, 0.717) is 16.7 Å². The number of carbonyl (C=O) groups excluding carboxylic acids is 1. The van der Waals surface area contributed by atoms with Crippen LogP contribution in [0.15, 0.2) is 29.3 Å². The summed E-state index contributed by atoms with van der Waals surface area (Å²) in [6, 6.07) is 6.97. The van der Waals surface area contributed by atoms with Crippen molar-refractivity contribution in [2.45, 2.75) is 42.9 Å². The second kappa shape index (κ2) is 7.83. The minimum absolute atomic E-state index is 0.0808. The summed E-state index contributed by atoms with van der Waals surface area (Å²) in [5.41, 5.74) is 2.45. The average Bonchev–Trinajstić information content (AvgIpc) is 2.63. The van der Waals surface area contributed by atoms with Gasteiger partial charge in [0, 0.05) is 11.8 Å². The Bertz CT molecular complexity index is 895. The molecule has 1 heterocycles. The van der Waals surface area contributed by atoms with Crippen molar-refractivity contribution < 1.29 is 13.6 Å². The smallest absolute Gasteiger partial charge is 0.237 e. The van der Waals surface area contributed by atoms with Crippen molar-refractivity contribution in [3.05, 3.63) is 52.7 Å². The summed E-state index contributed by atoms with van der Waals surface area (Å²) < 4.78 is 26.6. The van der Waals surface area contributed by atoms with Gasteiger partial charge in [0.05, 0.1) is 16.5 Å². The van der Waals surface area contributed by atoms with E-state index in [-0.39, 0.29) is 5.69 Å². The van der Waals surface area contributed by atoms with Gasteiger partial charge in [-0.3, -0.25) is 4.79 Å². The number of nitriles is 1. The van der Waals surface area contributed by atoms with Crippen LogP contribution in [0.5, 0.6) is 0 Å². The Kier molecular flexibility index (Phi) is 5.52. The number of hydrogen-bond acceptors (Lipinski definition) is 4. The number of aromatic nitrogens is 1. The number of nitrogens with one attached hydrogen (secondary N) is 1. The van der Waals surface area contributed by atoms with Gasteiger partial charge >= 0.3 is 0 Å². The van der Waals surface area contributed by atoms with Crippen LogP contribution in [0.25, 0.3) is 0 Å². The molecule has 1 N–H and O–H groups in total. The molecule has 1 aliphatic carbocycles. The molecule has 1 amide bonds. The average molecular weight is 373 g/mol. The molecule has 0 saturated carbocycles. The highest BCUT2D eigenvalue weighted by Gasteiger charge is 2.21. The molecule has 4 nitrogen and oxygen atoms in total. The van der Waals surface area contributed by atoms with E-state index in [4.69, 9.17) is 0 Å². The van der Waals surface area contributed by atoms with Gasteiger partial charge in [0.15, 0.2) is 0 Å². The van der Waals surface area contributed by atoms with Crippen LogP contribution in [0.3, 0.4) is 0 Å². The van der Waals surface area contributed by atoms with Crippen LogP contribution in [0, 0.1) is 23.0 Å². The largest absolute Gasteiger partial charge is 0.323 e. The van der Waals surface area contributed by atoms with Crippen LogP contribution in [-0.4, -0.2) is 16.1 Å². The van der Waals surface area contributed by atoms with Crippen LogP contribution in [0.2, 0.25) is 0 Å². The normalized spacial score (nSPS) is 14.2. The molecule has 0 spiro atoms. The summed E-state index contributed by atoms with van der Waals surface area (Å²) >= 11 is 1.16. The maximum Gasteiger partial charge on any atom is 0.237 e. The summed E-state index contributed by atoms with van der Waals surface area (Å²) in [6.45, 7) is 1.66. The van der Waals surface area contributed by atoms with Crippen LogP contribution in [0.4, 0.5) is 14.5 Å². The van der Waals surface area contributed by atoms with Gasteiger partial charge in [0.25, 0.3) is 0 Å². The highest BCUT2D eigenvalue weighted by Crippen LogP contribution is 2.30. The summed E-state index contributed by atoms with van der Waals surface area (Å²) in [6.07, 6.45) is 3.95. The lowest BCUT2D eigenvalue weighted by Gasteiger charge is -2.18. The number of aryl methyl sites for hydroxylation is 2. The van der Waals surface area contributed by atoms with E-state index < -0.39 is 22.8 Å². The molecule has 1 aromatic carbocycles. The zero-order valence-electron chi connectivity index (χ0n) is 14.2. The van der Waals surface area contributed by atoms with Crippen LogP contribution < -0.4 is 5.32 Å².